The molecule has 102 valence electrons. The second kappa shape index (κ2) is 4.15. The molecule has 0 radical (unpaired) electrons. The van der Waals surface area contributed by atoms with Gasteiger partial charge in [-0.1, -0.05) is 17.7 Å². The van der Waals surface area contributed by atoms with E-state index in [0.717, 1.165) is 24.7 Å². The van der Waals surface area contributed by atoms with Crippen LogP contribution in [0.5, 0.6) is 0 Å². The molecule has 1 saturated carbocycles. The molecule has 0 aromatic heterocycles. The minimum atomic E-state index is -3.46. The van der Waals surface area contributed by atoms with Crippen molar-refractivity contribution in [1.29, 1.82) is 0 Å². The third-order valence-corrected chi connectivity index (χ3v) is 6.23. The van der Waals surface area contributed by atoms with Gasteiger partial charge in [0.25, 0.3) is 0 Å². The van der Waals surface area contributed by atoms with Gasteiger partial charge in [-0.25, -0.2) is 8.42 Å². The average molecular weight is 279 g/mol. The number of fused-ring (bicyclic) bond motifs is 1. The van der Waals surface area contributed by atoms with Crippen molar-refractivity contribution in [3.05, 3.63) is 29.8 Å². The van der Waals surface area contributed by atoms with Gasteiger partial charge in [0.15, 0.2) is 0 Å². The molecule has 5 heteroatoms. The van der Waals surface area contributed by atoms with Gasteiger partial charge >= 0.3 is 0 Å². The van der Waals surface area contributed by atoms with Crippen molar-refractivity contribution in [2.45, 2.75) is 24.7 Å². The van der Waals surface area contributed by atoms with Gasteiger partial charge < -0.3 is 4.79 Å². The summed E-state index contributed by atoms with van der Waals surface area (Å²) in [5, 5.41) is 0. The normalized spacial score (nSPS) is 30.7. The maximum atomic E-state index is 12.5. The van der Waals surface area contributed by atoms with E-state index in [9.17, 15) is 13.2 Å². The van der Waals surface area contributed by atoms with Gasteiger partial charge in [0.2, 0.25) is 10.0 Å². The Morgan fingerprint density at radius 1 is 1.32 bits per heavy atom. The number of piperidine rings is 1. The van der Waals surface area contributed by atoms with Gasteiger partial charge in [-0.2, -0.15) is 4.31 Å². The zero-order valence-corrected chi connectivity index (χ0v) is 11.7. The first kappa shape index (κ1) is 12.8. The lowest BCUT2D eigenvalue weighted by Crippen LogP contribution is -2.41. The van der Waals surface area contributed by atoms with Crippen molar-refractivity contribution in [3.8, 4) is 0 Å². The van der Waals surface area contributed by atoms with E-state index >= 15 is 0 Å². The lowest BCUT2D eigenvalue weighted by molar-refractivity contribution is -0.113. The Labute approximate surface area is 113 Å². The van der Waals surface area contributed by atoms with Crippen LogP contribution in [0.2, 0.25) is 0 Å². The Hall–Kier alpha value is -1.20. The average Bonchev–Trinajstić information content (AvgIpc) is 3.13. The van der Waals surface area contributed by atoms with Crippen molar-refractivity contribution in [1.82, 2.24) is 4.31 Å². The molecule has 2 unspecified atom stereocenters. The standard InChI is InChI=1S/C14H17NO3S/c1-11-2-4-13(5-3-11)19(17,18)15-7-6-12-8-14(12,9-15)10-16/h2-5,10,12H,6-9H2,1H3. The van der Waals surface area contributed by atoms with Crippen molar-refractivity contribution in [2.75, 3.05) is 13.1 Å². The minimum absolute atomic E-state index is 0.318. The van der Waals surface area contributed by atoms with E-state index in [4.69, 9.17) is 0 Å². The number of hydrogen-bond acceptors (Lipinski definition) is 3. The number of aryl methyl sites for hydroxylation is 1. The number of hydrogen-bond donors (Lipinski definition) is 0. The molecule has 0 N–H and O–H groups in total. The molecule has 1 aliphatic heterocycles. The van der Waals surface area contributed by atoms with Crippen LogP contribution in [0, 0.1) is 18.3 Å². The number of sulfonamides is 1. The molecule has 4 nitrogen and oxygen atoms in total. The predicted octanol–water partition coefficient (Wildman–Crippen LogP) is 1.59. The van der Waals surface area contributed by atoms with E-state index in [-0.39, 0.29) is 0 Å². The number of aldehydes is 1. The van der Waals surface area contributed by atoms with Crippen LogP contribution >= 0.6 is 0 Å². The second-order valence-electron chi connectivity index (χ2n) is 5.69. The third-order valence-electron chi connectivity index (χ3n) is 4.37. The van der Waals surface area contributed by atoms with E-state index < -0.39 is 15.4 Å². The summed E-state index contributed by atoms with van der Waals surface area (Å²) in [4.78, 5) is 11.5. The van der Waals surface area contributed by atoms with Crippen molar-refractivity contribution >= 4 is 16.3 Å². The smallest absolute Gasteiger partial charge is 0.243 e. The largest absolute Gasteiger partial charge is 0.303 e. The lowest BCUT2D eigenvalue weighted by atomic mass is 10.0. The Balaban J connectivity index is 1.88. The van der Waals surface area contributed by atoms with Crippen LogP contribution in [-0.4, -0.2) is 32.1 Å². The SMILES string of the molecule is Cc1ccc(S(=O)(=O)N2CCC3CC3(C=O)C2)cc1. The highest BCUT2D eigenvalue weighted by atomic mass is 32.2. The highest BCUT2D eigenvalue weighted by molar-refractivity contribution is 7.89. The number of carbonyl (C=O) groups excluding carboxylic acids is 1. The summed E-state index contributed by atoms with van der Waals surface area (Å²) >= 11 is 0. The molecule has 19 heavy (non-hydrogen) atoms. The molecule has 1 aromatic rings. The first-order chi connectivity index (χ1) is 8.98. The number of benzene rings is 1. The van der Waals surface area contributed by atoms with Gasteiger partial charge in [0.05, 0.1) is 4.90 Å². The van der Waals surface area contributed by atoms with E-state index in [2.05, 4.69) is 0 Å². The maximum Gasteiger partial charge on any atom is 0.243 e. The van der Waals surface area contributed by atoms with Gasteiger partial charge in [-0.15, -0.1) is 0 Å². The van der Waals surface area contributed by atoms with Crippen LogP contribution in [-0.2, 0) is 14.8 Å². The summed E-state index contributed by atoms with van der Waals surface area (Å²) in [6, 6.07) is 6.87. The summed E-state index contributed by atoms with van der Waals surface area (Å²) in [6.07, 6.45) is 2.59. The quantitative estimate of drug-likeness (QED) is 0.790. The fourth-order valence-corrected chi connectivity index (χ4v) is 4.47. The second-order valence-corrected chi connectivity index (χ2v) is 7.63. The molecule has 2 atom stereocenters. The van der Waals surface area contributed by atoms with E-state index in [1.807, 2.05) is 6.92 Å². The van der Waals surface area contributed by atoms with Gasteiger partial charge in [-0.3, -0.25) is 0 Å². The Kier molecular flexibility index (Phi) is 2.80. The van der Waals surface area contributed by atoms with Crippen LogP contribution in [0.15, 0.2) is 29.2 Å². The molecule has 1 aromatic carbocycles. The highest BCUT2D eigenvalue weighted by Crippen LogP contribution is 2.56. The Morgan fingerprint density at radius 2 is 2.00 bits per heavy atom. The number of rotatable bonds is 3. The molecule has 0 bridgehead atoms. The van der Waals surface area contributed by atoms with Crippen molar-refractivity contribution < 1.29 is 13.2 Å². The summed E-state index contributed by atoms with van der Waals surface area (Å²) < 4.78 is 26.5. The van der Waals surface area contributed by atoms with E-state index in [1.54, 1.807) is 24.3 Å². The predicted molar refractivity (Wildman–Crippen MR) is 71.2 cm³/mol. The summed E-state index contributed by atoms with van der Waals surface area (Å²) in [6.45, 7) is 2.79. The van der Waals surface area contributed by atoms with Crippen molar-refractivity contribution in [2.24, 2.45) is 11.3 Å². The molecular weight excluding hydrogens is 262 g/mol. The van der Waals surface area contributed by atoms with Crippen LogP contribution in [0.1, 0.15) is 18.4 Å². The Bertz CT molecular complexity index is 608. The molecule has 1 saturated heterocycles. The van der Waals surface area contributed by atoms with Gasteiger partial charge in [0.1, 0.15) is 6.29 Å². The fourth-order valence-electron chi connectivity index (χ4n) is 2.94. The van der Waals surface area contributed by atoms with E-state index in [0.29, 0.717) is 23.9 Å². The Morgan fingerprint density at radius 3 is 2.63 bits per heavy atom. The monoisotopic (exact) mass is 279 g/mol. The zero-order chi connectivity index (χ0) is 13.7. The molecule has 1 heterocycles. The zero-order valence-electron chi connectivity index (χ0n) is 10.9. The lowest BCUT2D eigenvalue weighted by Gasteiger charge is -2.29. The van der Waals surface area contributed by atoms with Crippen LogP contribution in [0.25, 0.3) is 0 Å². The maximum absolute atomic E-state index is 12.5. The topological polar surface area (TPSA) is 54.5 Å². The summed E-state index contributed by atoms with van der Waals surface area (Å²) in [7, 11) is -3.46. The van der Waals surface area contributed by atoms with Crippen LogP contribution in [0.4, 0.5) is 0 Å². The molecule has 3 rings (SSSR count). The van der Waals surface area contributed by atoms with E-state index in [1.165, 1.54) is 4.31 Å². The number of nitrogens with zero attached hydrogens (tertiary/aromatic N) is 1. The molecular formula is C14H17NO3S. The molecule has 2 fully saturated rings. The first-order valence-electron chi connectivity index (χ1n) is 6.51. The molecule has 2 aliphatic rings. The van der Waals surface area contributed by atoms with Crippen molar-refractivity contribution in [3.63, 3.8) is 0 Å². The molecule has 0 amide bonds. The molecule has 1 aliphatic carbocycles. The van der Waals surface area contributed by atoms with Gasteiger partial charge in [0, 0.05) is 18.5 Å². The molecule has 0 spiro atoms. The van der Waals surface area contributed by atoms with Crippen LogP contribution < -0.4 is 0 Å². The summed E-state index contributed by atoms with van der Waals surface area (Å²) in [5.74, 6) is 0.398. The summed E-state index contributed by atoms with van der Waals surface area (Å²) in [5.41, 5.74) is 0.639. The first-order valence-corrected chi connectivity index (χ1v) is 7.95. The minimum Gasteiger partial charge on any atom is -0.303 e. The third kappa shape index (κ3) is 2.01. The number of carbonyl (C=O) groups is 1. The van der Waals surface area contributed by atoms with Crippen LogP contribution in [0.3, 0.4) is 0 Å². The fraction of sp³-hybridized carbons (Fsp3) is 0.500. The van der Waals surface area contributed by atoms with Gasteiger partial charge in [-0.05, 0) is 37.8 Å². The highest BCUT2D eigenvalue weighted by Gasteiger charge is 2.58.